The number of anilines is 1. The first-order chi connectivity index (χ1) is 13.2. The fourth-order valence-electron chi connectivity index (χ4n) is 3.11. The van der Waals surface area contributed by atoms with Gasteiger partial charge in [0.05, 0.1) is 25.4 Å². The van der Waals surface area contributed by atoms with Crippen molar-refractivity contribution < 1.29 is 9.47 Å². The highest BCUT2D eigenvalue weighted by Gasteiger charge is 2.14. The zero-order valence-electron chi connectivity index (χ0n) is 15.4. The van der Waals surface area contributed by atoms with Gasteiger partial charge in [-0.25, -0.2) is 9.97 Å². The van der Waals surface area contributed by atoms with Crippen molar-refractivity contribution in [3.05, 3.63) is 60.9 Å². The molecule has 0 radical (unpaired) electrons. The molecular formula is C21H20N4O2. The van der Waals surface area contributed by atoms with Crippen LogP contribution in [0.4, 0.5) is 5.95 Å². The minimum absolute atomic E-state index is 0.552. The normalized spacial score (nSPS) is 10.8. The molecule has 2 heterocycles. The molecule has 0 amide bonds. The second-order valence-electron chi connectivity index (χ2n) is 6.01. The molecule has 0 aliphatic carbocycles. The van der Waals surface area contributed by atoms with E-state index in [2.05, 4.69) is 27.0 Å². The standard InChI is InChI=1S/C21H20N4O2/c1-22-21-23-17-13-19(27-3)18(26-2)12-16(17)20(24-21)14-7-6-8-15(11-14)25-9-4-5-10-25/h4-13H,1-3H3,(H,22,23,24). The van der Waals surface area contributed by atoms with E-state index in [1.807, 2.05) is 55.8 Å². The Morgan fingerprint density at radius 3 is 2.33 bits per heavy atom. The lowest BCUT2D eigenvalue weighted by atomic mass is 10.0. The van der Waals surface area contributed by atoms with E-state index in [0.717, 1.165) is 27.8 Å². The molecule has 27 heavy (non-hydrogen) atoms. The topological polar surface area (TPSA) is 61.2 Å². The van der Waals surface area contributed by atoms with Crippen LogP contribution in [0.1, 0.15) is 0 Å². The molecule has 2 aromatic heterocycles. The number of nitrogens with zero attached hydrogens (tertiary/aromatic N) is 3. The summed E-state index contributed by atoms with van der Waals surface area (Å²) in [5, 5.41) is 3.94. The fourth-order valence-corrected chi connectivity index (χ4v) is 3.11. The monoisotopic (exact) mass is 360 g/mol. The van der Waals surface area contributed by atoms with Crippen LogP contribution in [-0.2, 0) is 0 Å². The minimum Gasteiger partial charge on any atom is -0.493 e. The van der Waals surface area contributed by atoms with Crippen molar-refractivity contribution in [2.24, 2.45) is 0 Å². The van der Waals surface area contributed by atoms with E-state index in [-0.39, 0.29) is 0 Å². The summed E-state index contributed by atoms with van der Waals surface area (Å²) in [4.78, 5) is 9.29. The van der Waals surface area contributed by atoms with Crippen LogP contribution in [0, 0.1) is 0 Å². The average Bonchev–Trinajstić information content (AvgIpc) is 3.26. The van der Waals surface area contributed by atoms with Gasteiger partial charge in [0.1, 0.15) is 0 Å². The van der Waals surface area contributed by atoms with Crippen LogP contribution in [-0.4, -0.2) is 35.8 Å². The number of methoxy groups -OCH3 is 2. The number of hydrogen-bond donors (Lipinski definition) is 1. The lowest BCUT2D eigenvalue weighted by molar-refractivity contribution is 0.356. The number of ether oxygens (including phenoxy) is 2. The van der Waals surface area contributed by atoms with Gasteiger partial charge in [0, 0.05) is 42.1 Å². The Hall–Kier alpha value is -3.54. The van der Waals surface area contributed by atoms with Crippen molar-refractivity contribution in [2.75, 3.05) is 26.6 Å². The van der Waals surface area contributed by atoms with E-state index >= 15 is 0 Å². The maximum absolute atomic E-state index is 5.47. The largest absolute Gasteiger partial charge is 0.493 e. The fraction of sp³-hybridized carbons (Fsp3) is 0.143. The molecular weight excluding hydrogens is 340 g/mol. The van der Waals surface area contributed by atoms with Crippen LogP contribution >= 0.6 is 0 Å². The minimum atomic E-state index is 0.552. The first-order valence-corrected chi connectivity index (χ1v) is 8.59. The molecule has 0 saturated carbocycles. The summed E-state index contributed by atoms with van der Waals surface area (Å²) in [5.74, 6) is 1.84. The van der Waals surface area contributed by atoms with Crippen molar-refractivity contribution in [3.8, 4) is 28.4 Å². The van der Waals surface area contributed by atoms with Crippen LogP contribution in [0.25, 0.3) is 27.8 Å². The van der Waals surface area contributed by atoms with E-state index in [9.17, 15) is 0 Å². The second-order valence-corrected chi connectivity index (χ2v) is 6.01. The number of benzene rings is 2. The van der Waals surface area contributed by atoms with Crippen molar-refractivity contribution in [1.29, 1.82) is 0 Å². The smallest absolute Gasteiger partial charge is 0.223 e. The van der Waals surface area contributed by atoms with Gasteiger partial charge in [0.15, 0.2) is 11.5 Å². The summed E-state index contributed by atoms with van der Waals surface area (Å²) in [6.45, 7) is 0. The van der Waals surface area contributed by atoms with Gasteiger partial charge in [-0.2, -0.15) is 0 Å². The lowest BCUT2D eigenvalue weighted by Gasteiger charge is -2.13. The Labute approximate surface area is 157 Å². The summed E-state index contributed by atoms with van der Waals surface area (Å²) in [6, 6.07) is 16.0. The molecule has 0 saturated heterocycles. The predicted molar refractivity (Wildman–Crippen MR) is 107 cm³/mol. The zero-order chi connectivity index (χ0) is 18.8. The van der Waals surface area contributed by atoms with Crippen molar-refractivity contribution >= 4 is 16.9 Å². The Morgan fingerprint density at radius 1 is 0.889 bits per heavy atom. The van der Waals surface area contributed by atoms with Crippen molar-refractivity contribution in [1.82, 2.24) is 14.5 Å². The zero-order valence-corrected chi connectivity index (χ0v) is 15.4. The maximum Gasteiger partial charge on any atom is 0.223 e. The van der Waals surface area contributed by atoms with Gasteiger partial charge in [-0.3, -0.25) is 0 Å². The number of fused-ring (bicyclic) bond motifs is 1. The van der Waals surface area contributed by atoms with Gasteiger partial charge in [-0.05, 0) is 30.3 Å². The van der Waals surface area contributed by atoms with Gasteiger partial charge in [0.25, 0.3) is 0 Å². The SMILES string of the molecule is CNc1nc(-c2cccc(-n3cccc3)c2)c2cc(OC)c(OC)cc2n1. The Bertz CT molecular complexity index is 1090. The quantitative estimate of drug-likeness (QED) is 0.579. The summed E-state index contributed by atoms with van der Waals surface area (Å²) in [7, 11) is 5.05. The highest BCUT2D eigenvalue weighted by Crippen LogP contribution is 2.36. The number of hydrogen-bond acceptors (Lipinski definition) is 5. The Balaban J connectivity index is 1.96. The van der Waals surface area contributed by atoms with E-state index in [1.54, 1.807) is 14.2 Å². The first kappa shape index (κ1) is 16.9. The van der Waals surface area contributed by atoms with Crippen LogP contribution < -0.4 is 14.8 Å². The average molecular weight is 360 g/mol. The first-order valence-electron chi connectivity index (χ1n) is 8.59. The second kappa shape index (κ2) is 6.99. The van der Waals surface area contributed by atoms with Crippen molar-refractivity contribution in [2.45, 2.75) is 0 Å². The van der Waals surface area contributed by atoms with E-state index in [1.165, 1.54) is 0 Å². The summed E-state index contributed by atoms with van der Waals surface area (Å²) < 4.78 is 13.0. The highest BCUT2D eigenvalue weighted by atomic mass is 16.5. The van der Waals surface area contributed by atoms with Crippen LogP contribution in [0.3, 0.4) is 0 Å². The van der Waals surface area contributed by atoms with Crippen LogP contribution in [0.15, 0.2) is 60.9 Å². The molecule has 0 atom stereocenters. The molecule has 2 aromatic carbocycles. The molecule has 4 aromatic rings. The highest BCUT2D eigenvalue weighted by molar-refractivity contribution is 5.95. The number of nitrogens with one attached hydrogen (secondary N) is 1. The van der Waals surface area contributed by atoms with Crippen LogP contribution in [0.2, 0.25) is 0 Å². The molecule has 0 bridgehead atoms. The molecule has 6 heteroatoms. The lowest BCUT2D eigenvalue weighted by Crippen LogP contribution is -2.01. The summed E-state index contributed by atoms with van der Waals surface area (Å²) in [5.41, 5.74) is 3.68. The van der Waals surface area contributed by atoms with Gasteiger partial charge >= 0.3 is 0 Å². The maximum atomic E-state index is 5.47. The predicted octanol–water partition coefficient (Wildman–Crippen LogP) is 4.15. The van der Waals surface area contributed by atoms with Crippen molar-refractivity contribution in [3.63, 3.8) is 0 Å². The molecule has 0 spiro atoms. The third kappa shape index (κ3) is 3.06. The number of aromatic nitrogens is 3. The summed E-state index contributed by atoms with van der Waals surface area (Å²) >= 11 is 0. The van der Waals surface area contributed by atoms with Gasteiger partial charge in [-0.1, -0.05) is 12.1 Å². The molecule has 136 valence electrons. The van der Waals surface area contributed by atoms with E-state index in [4.69, 9.17) is 14.5 Å². The third-order valence-corrected chi connectivity index (χ3v) is 4.45. The Morgan fingerprint density at radius 2 is 1.63 bits per heavy atom. The van der Waals surface area contributed by atoms with Gasteiger partial charge in [0.2, 0.25) is 5.95 Å². The molecule has 0 unspecified atom stereocenters. The molecule has 0 fully saturated rings. The Kier molecular flexibility index (Phi) is 4.38. The molecule has 0 aliphatic rings. The van der Waals surface area contributed by atoms with Crippen LogP contribution in [0.5, 0.6) is 11.5 Å². The molecule has 4 rings (SSSR count). The van der Waals surface area contributed by atoms with E-state index in [0.29, 0.717) is 17.4 Å². The van der Waals surface area contributed by atoms with Gasteiger partial charge < -0.3 is 19.4 Å². The molecule has 1 N–H and O–H groups in total. The van der Waals surface area contributed by atoms with Gasteiger partial charge in [-0.15, -0.1) is 0 Å². The molecule has 6 nitrogen and oxygen atoms in total. The van der Waals surface area contributed by atoms with E-state index < -0.39 is 0 Å². The number of rotatable bonds is 5. The third-order valence-electron chi connectivity index (χ3n) is 4.45. The molecule has 0 aliphatic heterocycles. The summed E-state index contributed by atoms with van der Waals surface area (Å²) in [6.07, 6.45) is 4.04.